The molecule has 0 aliphatic carbocycles. The lowest BCUT2D eigenvalue weighted by Crippen LogP contribution is -2.54. The number of aliphatic hydroxyl groups is 1. The van der Waals surface area contributed by atoms with Crippen molar-refractivity contribution >= 4 is 0 Å². The molecular formula is C17H25F3N2O2. The molecule has 7 heteroatoms. The number of hydrogen-bond donors (Lipinski definition) is 1. The maximum absolute atomic E-state index is 12.7. The molecule has 136 valence electrons. The smallest absolute Gasteiger partial charge is 0.403 e. The van der Waals surface area contributed by atoms with E-state index in [1.807, 2.05) is 36.1 Å². The van der Waals surface area contributed by atoms with Gasteiger partial charge in [-0.15, -0.1) is 0 Å². The molecule has 1 aromatic rings. The van der Waals surface area contributed by atoms with Crippen LogP contribution in [0.3, 0.4) is 0 Å². The van der Waals surface area contributed by atoms with Gasteiger partial charge in [0, 0.05) is 32.7 Å². The predicted octanol–water partition coefficient (Wildman–Crippen LogP) is 2.30. The zero-order valence-corrected chi connectivity index (χ0v) is 14.1. The van der Waals surface area contributed by atoms with Gasteiger partial charge in [-0.2, -0.15) is 13.2 Å². The maximum atomic E-state index is 12.7. The number of nitrogens with zero attached hydrogens (tertiary/aromatic N) is 2. The Kier molecular flexibility index (Phi) is 6.48. The number of alkyl halides is 3. The van der Waals surface area contributed by atoms with E-state index in [0.29, 0.717) is 38.5 Å². The van der Waals surface area contributed by atoms with Gasteiger partial charge in [0.2, 0.25) is 0 Å². The maximum Gasteiger partial charge on any atom is 0.403 e. The normalized spacial score (nSPS) is 19.9. The Morgan fingerprint density at radius 1 is 1.12 bits per heavy atom. The number of hydrogen-bond acceptors (Lipinski definition) is 4. The first-order valence-electron chi connectivity index (χ1n) is 8.16. The van der Waals surface area contributed by atoms with Gasteiger partial charge in [0.15, 0.2) is 0 Å². The molecule has 4 nitrogen and oxygen atoms in total. The number of ether oxygens (including phenoxy) is 1. The van der Waals surface area contributed by atoms with E-state index in [9.17, 15) is 18.3 Å². The number of β-amino-alcohol motifs (C(OH)–C–C–N with tert-alkyl or cyclic N) is 1. The summed E-state index contributed by atoms with van der Waals surface area (Å²) in [6, 6.07) is 6.14. The Morgan fingerprint density at radius 2 is 1.71 bits per heavy atom. The van der Waals surface area contributed by atoms with Gasteiger partial charge in [0.1, 0.15) is 24.5 Å². The first kappa shape index (κ1) is 19.0. The molecule has 2 unspecified atom stereocenters. The number of aryl methyl sites for hydroxylation is 1. The van der Waals surface area contributed by atoms with Crippen LogP contribution in [0.4, 0.5) is 13.2 Å². The largest absolute Gasteiger partial charge is 0.491 e. The molecule has 1 aliphatic rings. The monoisotopic (exact) mass is 346 g/mol. The van der Waals surface area contributed by atoms with E-state index in [1.165, 1.54) is 11.8 Å². The minimum atomic E-state index is -4.19. The van der Waals surface area contributed by atoms with Crippen molar-refractivity contribution in [2.75, 3.05) is 39.3 Å². The van der Waals surface area contributed by atoms with Gasteiger partial charge in [0.05, 0.1) is 0 Å². The molecule has 2 atom stereocenters. The topological polar surface area (TPSA) is 35.9 Å². The second-order valence-electron chi connectivity index (χ2n) is 6.33. The highest BCUT2D eigenvalue weighted by molar-refractivity contribution is 5.26. The summed E-state index contributed by atoms with van der Waals surface area (Å²) >= 11 is 0. The van der Waals surface area contributed by atoms with E-state index in [1.54, 1.807) is 0 Å². The third kappa shape index (κ3) is 5.65. The molecule has 0 amide bonds. The van der Waals surface area contributed by atoms with Gasteiger partial charge < -0.3 is 9.84 Å². The van der Waals surface area contributed by atoms with Crippen LogP contribution in [0.1, 0.15) is 12.5 Å². The Morgan fingerprint density at radius 3 is 2.25 bits per heavy atom. The van der Waals surface area contributed by atoms with Crippen LogP contribution in [-0.2, 0) is 0 Å². The van der Waals surface area contributed by atoms with Crippen molar-refractivity contribution in [1.29, 1.82) is 0 Å². The fraction of sp³-hybridized carbons (Fsp3) is 0.647. The molecule has 2 rings (SSSR count). The highest BCUT2D eigenvalue weighted by Crippen LogP contribution is 2.25. The molecule has 0 spiro atoms. The van der Waals surface area contributed by atoms with Crippen LogP contribution in [-0.4, -0.2) is 72.6 Å². The fourth-order valence-electron chi connectivity index (χ4n) is 2.72. The number of rotatable bonds is 6. The Balaban J connectivity index is 1.70. The van der Waals surface area contributed by atoms with E-state index in [4.69, 9.17) is 4.74 Å². The number of aliphatic hydroxyl groups excluding tert-OH is 1. The summed E-state index contributed by atoms with van der Waals surface area (Å²) < 4.78 is 43.7. The molecule has 1 aromatic carbocycles. The molecule has 1 aliphatic heterocycles. The molecule has 0 bridgehead atoms. The van der Waals surface area contributed by atoms with Gasteiger partial charge in [-0.1, -0.05) is 17.7 Å². The SMILES string of the molecule is Cc1ccc(OCC(O)CN2CCN(C(C)C(F)(F)F)CC2)cc1. The van der Waals surface area contributed by atoms with Crippen molar-refractivity contribution in [3.05, 3.63) is 29.8 Å². The Labute approximate surface area is 140 Å². The van der Waals surface area contributed by atoms with Gasteiger partial charge in [-0.25, -0.2) is 0 Å². The van der Waals surface area contributed by atoms with E-state index < -0.39 is 18.3 Å². The van der Waals surface area contributed by atoms with Crippen LogP contribution in [0.5, 0.6) is 5.75 Å². The highest BCUT2D eigenvalue weighted by Gasteiger charge is 2.40. The van der Waals surface area contributed by atoms with Crippen LogP contribution in [0, 0.1) is 6.92 Å². The third-order valence-corrected chi connectivity index (χ3v) is 4.36. The van der Waals surface area contributed by atoms with E-state index in [0.717, 1.165) is 5.56 Å². The number of piperazine rings is 1. The van der Waals surface area contributed by atoms with E-state index in [-0.39, 0.29) is 6.61 Å². The molecule has 0 saturated carbocycles. The average Bonchev–Trinajstić information content (AvgIpc) is 2.53. The first-order valence-corrected chi connectivity index (χ1v) is 8.16. The quantitative estimate of drug-likeness (QED) is 0.858. The van der Waals surface area contributed by atoms with Crippen LogP contribution >= 0.6 is 0 Å². The van der Waals surface area contributed by atoms with E-state index in [2.05, 4.69) is 0 Å². The van der Waals surface area contributed by atoms with Gasteiger partial charge >= 0.3 is 6.18 Å². The molecule has 24 heavy (non-hydrogen) atoms. The first-order chi connectivity index (χ1) is 11.3. The summed E-state index contributed by atoms with van der Waals surface area (Å²) in [5.41, 5.74) is 1.13. The Hall–Kier alpha value is -1.31. The molecule has 1 fully saturated rings. The van der Waals surface area contributed by atoms with Gasteiger partial charge in [0.25, 0.3) is 0 Å². The molecule has 0 aromatic heterocycles. The van der Waals surface area contributed by atoms with Crippen molar-refractivity contribution in [3.8, 4) is 5.75 Å². The second kappa shape index (κ2) is 8.18. The summed E-state index contributed by atoms with van der Waals surface area (Å²) in [4.78, 5) is 3.41. The molecule has 1 saturated heterocycles. The average molecular weight is 346 g/mol. The van der Waals surface area contributed by atoms with Crippen molar-refractivity contribution in [3.63, 3.8) is 0 Å². The van der Waals surface area contributed by atoms with Crippen molar-refractivity contribution in [2.45, 2.75) is 32.2 Å². The van der Waals surface area contributed by atoms with Crippen molar-refractivity contribution < 1.29 is 23.0 Å². The van der Waals surface area contributed by atoms with Gasteiger partial charge in [-0.3, -0.25) is 9.80 Å². The fourth-order valence-corrected chi connectivity index (χ4v) is 2.72. The predicted molar refractivity (Wildman–Crippen MR) is 86.2 cm³/mol. The van der Waals surface area contributed by atoms with Crippen molar-refractivity contribution in [2.24, 2.45) is 0 Å². The zero-order chi connectivity index (χ0) is 17.7. The van der Waals surface area contributed by atoms with Crippen LogP contribution in [0.25, 0.3) is 0 Å². The standard InChI is InChI=1S/C17H25F3N2O2/c1-13-3-5-16(6-4-13)24-12-15(23)11-21-7-9-22(10-8-21)14(2)17(18,19)20/h3-6,14-15,23H,7-12H2,1-2H3. The summed E-state index contributed by atoms with van der Waals surface area (Å²) in [5.74, 6) is 0.698. The van der Waals surface area contributed by atoms with Crippen LogP contribution in [0.2, 0.25) is 0 Å². The van der Waals surface area contributed by atoms with Crippen LogP contribution < -0.4 is 4.74 Å². The van der Waals surface area contributed by atoms with Crippen molar-refractivity contribution in [1.82, 2.24) is 9.80 Å². The summed E-state index contributed by atoms with van der Waals surface area (Å²) in [5, 5.41) is 10.1. The highest BCUT2D eigenvalue weighted by atomic mass is 19.4. The number of benzene rings is 1. The minimum Gasteiger partial charge on any atom is -0.491 e. The lowest BCUT2D eigenvalue weighted by molar-refractivity contribution is -0.182. The molecule has 0 radical (unpaired) electrons. The lowest BCUT2D eigenvalue weighted by atomic mass is 10.2. The molecule has 1 N–H and O–H groups in total. The number of halogens is 3. The second-order valence-corrected chi connectivity index (χ2v) is 6.33. The zero-order valence-electron chi connectivity index (χ0n) is 14.1. The van der Waals surface area contributed by atoms with E-state index >= 15 is 0 Å². The minimum absolute atomic E-state index is 0.169. The summed E-state index contributed by atoms with van der Waals surface area (Å²) in [6.45, 7) is 5.49. The third-order valence-electron chi connectivity index (χ3n) is 4.36. The van der Waals surface area contributed by atoms with Crippen LogP contribution in [0.15, 0.2) is 24.3 Å². The Bertz CT molecular complexity index is 500. The summed E-state index contributed by atoms with van der Waals surface area (Å²) in [6.07, 6.45) is -4.86. The molecular weight excluding hydrogens is 321 g/mol. The molecule has 1 heterocycles. The van der Waals surface area contributed by atoms with Gasteiger partial charge in [-0.05, 0) is 26.0 Å². The summed E-state index contributed by atoms with van der Waals surface area (Å²) in [7, 11) is 0. The lowest BCUT2D eigenvalue weighted by Gasteiger charge is -2.39.